The predicted octanol–water partition coefficient (Wildman–Crippen LogP) is 7.32. The smallest absolute Gasteiger partial charge is 0.0164 e. The Bertz CT molecular complexity index is 701. The number of hydrogen-bond acceptors (Lipinski definition) is 0. The fourth-order valence-corrected chi connectivity index (χ4v) is 11.9. The lowest BCUT2D eigenvalue weighted by molar-refractivity contribution is 0.689. The minimum atomic E-state index is -0.518. The summed E-state index contributed by atoms with van der Waals surface area (Å²) in [6, 6.07) is 22.0. The lowest BCUT2D eigenvalue weighted by Crippen LogP contribution is -2.32. The first-order valence-corrected chi connectivity index (χ1v) is 13.3. The van der Waals surface area contributed by atoms with Crippen molar-refractivity contribution in [3.8, 4) is 0 Å². The molecule has 0 aliphatic heterocycles. The average molecular weight is 422 g/mol. The molecule has 0 saturated heterocycles. The molecule has 3 rings (SSSR count). The van der Waals surface area contributed by atoms with Crippen molar-refractivity contribution in [3.05, 3.63) is 91.5 Å². The maximum absolute atomic E-state index is 2.50. The second-order valence-corrected chi connectivity index (χ2v) is 16.2. The first-order chi connectivity index (χ1) is 13.6. The fraction of sp³-hybridized carbons (Fsp3) is 0.370. The molecule has 2 aromatic carbocycles. The summed E-state index contributed by atoms with van der Waals surface area (Å²) in [5.41, 5.74) is 2.05. The summed E-state index contributed by atoms with van der Waals surface area (Å²) in [5.74, 6) is 1.51. The van der Waals surface area contributed by atoms with Crippen LogP contribution in [0.3, 0.4) is 0 Å². The summed E-state index contributed by atoms with van der Waals surface area (Å²) >= 11 is 0. The Morgan fingerprint density at radius 3 is 1.52 bits per heavy atom. The van der Waals surface area contributed by atoms with Gasteiger partial charge in [0.2, 0.25) is 0 Å². The van der Waals surface area contributed by atoms with Crippen molar-refractivity contribution in [2.24, 2.45) is 0 Å². The van der Waals surface area contributed by atoms with Gasteiger partial charge in [-0.05, 0) is 59.7 Å². The Balaban J connectivity index is 1.85. The minimum Gasteiger partial charge on any atom is -0.0921 e. The van der Waals surface area contributed by atoms with Crippen LogP contribution in [0.4, 0.5) is 0 Å². The first kappa shape index (κ1) is 23.0. The molecular weight excluding hydrogens is 386 g/mol. The molecule has 0 N–H and O–H groups in total. The molecular formula is C27H35P2. The van der Waals surface area contributed by atoms with Crippen LogP contribution in [0.2, 0.25) is 0 Å². The van der Waals surface area contributed by atoms with Crippen LogP contribution in [-0.2, 0) is 0 Å². The molecule has 0 amide bonds. The molecule has 0 spiro atoms. The maximum Gasteiger partial charge on any atom is 0.0164 e. The highest BCUT2D eigenvalue weighted by Crippen LogP contribution is 2.67. The maximum atomic E-state index is 2.50. The zero-order valence-electron chi connectivity index (χ0n) is 19.0. The van der Waals surface area contributed by atoms with Crippen molar-refractivity contribution >= 4 is 26.5 Å². The SMILES string of the molecule is C[C@@H]([C]1[CH][CH][C](P(c2ccccc2)c2ccccc2)[CH]1)P(C(C)(C)C)C(C)(C)C. The van der Waals surface area contributed by atoms with E-state index in [2.05, 4.69) is 128 Å². The average Bonchev–Trinajstić information content (AvgIpc) is 3.11. The summed E-state index contributed by atoms with van der Waals surface area (Å²) in [5, 5.41) is 3.50. The van der Waals surface area contributed by atoms with Gasteiger partial charge in [-0.15, -0.1) is 0 Å². The van der Waals surface area contributed by atoms with Gasteiger partial charge in [-0.2, -0.15) is 0 Å². The molecule has 0 bridgehead atoms. The van der Waals surface area contributed by atoms with Crippen molar-refractivity contribution < 1.29 is 0 Å². The molecule has 153 valence electrons. The van der Waals surface area contributed by atoms with Gasteiger partial charge in [0, 0.05) is 5.66 Å². The highest BCUT2D eigenvalue weighted by atomic mass is 31.1. The summed E-state index contributed by atoms with van der Waals surface area (Å²) in [4.78, 5) is 0. The molecule has 1 fully saturated rings. The van der Waals surface area contributed by atoms with Crippen LogP contribution in [-0.4, -0.2) is 16.0 Å². The van der Waals surface area contributed by atoms with Crippen LogP contribution in [0.15, 0.2) is 60.7 Å². The van der Waals surface area contributed by atoms with Gasteiger partial charge in [0.05, 0.1) is 0 Å². The Morgan fingerprint density at radius 1 is 0.655 bits per heavy atom. The minimum absolute atomic E-state index is 0.187. The van der Waals surface area contributed by atoms with Gasteiger partial charge in [-0.1, -0.05) is 117 Å². The van der Waals surface area contributed by atoms with Crippen LogP contribution < -0.4 is 10.6 Å². The summed E-state index contributed by atoms with van der Waals surface area (Å²) in [7, 11) is -0.706. The van der Waals surface area contributed by atoms with Gasteiger partial charge >= 0.3 is 0 Å². The van der Waals surface area contributed by atoms with E-state index in [9.17, 15) is 0 Å². The molecule has 5 radical (unpaired) electrons. The van der Waals surface area contributed by atoms with Gasteiger partial charge in [-0.25, -0.2) is 0 Å². The molecule has 1 aliphatic carbocycles. The highest BCUT2D eigenvalue weighted by molar-refractivity contribution is 7.76. The van der Waals surface area contributed by atoms with E-state index in [1.165, 1.54) is 22.2 Å². The standard InChI is InChI=1S/C27H35P2/c1-21(29(26(2,3)4)27(5,6)7)22-18-19-25(20-22)28(23-14-10-8-11-15-23)24-16-12-9-13-17-24/h8-21H,1-7H3/t21-/m0/s1. The monoisotopic (exact) mass is 421 g/mol. The van der Waals surface area contributed by atoms with Gasteiger partial charge in [0.15, 0.2) is 0 Å². The third-order valence-corrected chi connectivity index (χ3v) is 11.8. The third kappa shape index (κ3) is 5.51. The van der Waals surface area contributed by atoms with Crippen molar-refractivity contribution in [1.82, 2.24) is 0 Å². The van der Waals surface area contributed by atoms with Crippen molar-refractivity contribution in [1.29, 1.82) is 0 Å². The van der Waals surface area contributed by atoms with Gasteiger partial charge in [-0.3, -0.25) is 0 Å². The normalized spacial score (nSPS) is 18.0. The lowest BCUT2D eigenvalue weighted by atomic mass is 10.1. The molecule has 0 unspecified atom stereocenters. The van der Waals surface area contributed by atoms with Crippen molar-refractivity contribution in [3.63, 3.8) is 0 Å². The summed E-state index contributed by atoms with van der Waals surface area (Å²) < 4.78 is 0. The Kier molecular flexibility index (Phi) is 7.29. The van der Waals surface area contributed by atoms with E-state index in [1.807, 2.05) is 0 Å². The number of hydrogen-bond donors (Lipinski definition) is 0. The number of benzene rings is 2. The molecule has 1 atom stereocenters. The van der Waals surface area contributed by atoms with E-state index in [0.29, 0.717) is 16.0 Å². The molecule has 1 aliphatic rings. The van der Waals surface area contributed by atoms with Gasteiger partial charge < -0.3 is 0 Å². The van der Waals surface area contributed by atoms with Crippen LogP contribution in [0, 0.1) is 30.8 Å². The van der Waals surface area contributed by atoms with E-state index < -0.39 is 7.92 Å². The second kappa shape index (κ2) is 9.20. The topological polar surface area (TPSA) is 0 Å². The van der Waals surface area contributed by atoms with Crippen LogP contribution in [0.5, 0.6) is 0 Å². The van der Waals surface area contributed by atoms with E-state index in [-0.39, 0.29) is 7.92 Å². The van der Waals surface area contributed by atoms with E-state index in [4.69, 9.17) is 0 Å². The largest absolute Gasteiger partial charge is 0.0921 e. The van der Waals surface area contributed by atoms with Gasteiger partial charge in [0.25, 0.3) is 0 Å². The van der Waals surface area contributed by atoms with Crippen LogP contribution in [0.25, 0.3) is 0 Å². The molecule has 1 saturated carbocycles. The predicted molar refractivity (Wildman–Crippen MR) is 134 cm³/mol. The Labute approximate surface area is 182 Å². The molecule has 2 heteroatoms. The van der Waals surface area contributed by atoms with Crippen molar-refractivity contribution in [2.75, 3.05) is 0 Å². The number of rotatable bonds is 5. The molecule has 2 aromatic rings. The Morgan fingerprint density at radius 2 is 1.10 bits per heavy atom. The summed E-state index contributed by atoms with van der Waals surface area (Å²) in [6.07, 6.45) is 7.29. The quantitative estimate of drug-likeness (QED) is 0.444. The lowest BCUT2D eigenvalue weighted by Gasteiger charge is -2.47. The first-order valence-electron chi connectivity index (χ1n) is 10.6. The zero-order valence-corrected chi connectivity index (χ0v) is 20.8. The van der Waals surface area contributed by atoms with E-state index in [1.54, 1.807) is 0 Å². The highest BCUT2D eigenvalue weighted by Gasteiger charge is 2.44. The van der Waals surface area contributed by atoms with E-state index >= 15 is 0 Å². The molecule has 0 aromatic heterocycles. The molecule has 0 nitrogen and oxygen atoms in total. The molecule has 0 heterocycles. The van der Waals surface area contributed by atoms with E-state index in [0.717, 1.165) is 0 Å². The van der Waals surface area contributed by atoms with Gasteiger partial charge in [0.1, 0.15) is 0 Å². The Hall–Kier alpha value is -0.700. The zero-order chi connectivity index (χ0) is 21.2. The van der Waals surface area contributed by atoms with Crippen LogP contribution >= 0.6 is 15.8 Å². The third-order valence-electron chi connectivity index (χ3n) is 5.36. The van der Waals surface area contributed by atoms with Crippen LogP contribution in [0.1, 0.15) is 48.5 Å². The van der Waals surface area contributed by atoms with Crippen molar-refractivity contribution in [2.45, 2.75) is 64.4 Å². The molecule has 29 heavy (non-hydrogen) atoms. The summed E-state index contributed by atoms with van der Waals surface area (Å²) in [6.45, 7) is 17.0. The second-order valence-electron chi connectivity index (χ2n) is 9.80. The fourth-order valence-electron chi connectivity index (χ4n) is 4.77.